The maximum atomic E-state index is 9.49. The molecule has 0 heterocycles. The average molecular weight is 121 g/mol. The van der Waals surface area contributed by atoms with Gasteiger partial charge in [0.15, 0.2) is 0 Å². The first-order valence-electron chi connectivity index (χ1n) is 2.16. The summed E-state index contributed by atoms with van der Waals surface area (Å²) >= 11 is 0. The minimum atomic E-state index is 0. The minimum absolute atomic E-state index is 0. The van der Waals surface area contributed by atoms with Crippen LogP contribution in [0, 0.1) is 5.41 Å². The van der Waals surface area contributed by atoms with Gasteiger partial charge >= 0.3 is 29.6 Å². The Hall–Kier alpha value is 0.340. The van der Waals surface area contributed by atoms with Gasteiger partial charge in [0, 0.05) is 5.71 Å². The van der Waals surface area contributed by atoms with Crippen LogP contribution in [0.2, 0.25) is 0 Å². The van der Waals surface area contributed by atoms with Crippen LogP contribution in [0.3, 0.4) is 0 Å². The largest absolute Gasteiger partial charge is 1.00 e. The topological polar surface area (TPSA) is 40.9 Å². The van der Waals surface area contributed by atoms with Crippen molar-refractivity contribution in [2.45, 2.75) is 19.8 Å². The Balaban J connectivity index is 0. The summed E-state index contributed by atoms with van der Waals surface area (Å²) in [6.45, 7) is 1.68. The van der Waals surface area contributed by atoms with Gasteiger partial charge in [-0.05, 0) is 13.3 Å². The van der Waals surface area contributed by atoms with E-state index in [2.05, 4.69) is 0 Å². The third kappa shape index (κ3) is 9.60. The van der Waals surface area contributed by atoms with E-state index >= 15 is 0 Å². The molecule has 0 radical (unpaired) electrons. The maximum Gasteiger partial charge on any atom is 1.00 e. The predicted molar refractivity (Wildman–Crippen MR) is 28.3 cm³/mol. The fourth-order valence-corrected chi connectivity index (χ4v) is 0.239. The van der Waals surface area contributed by atoms with E-state index < -0.39 is 0 Å². The summed E-state index contributed by atoms with van der Waals surface area (Å²) in [4.78, 5) is 9.49. The van der Waals surface area contributed by atoms with Gasteiger partial charge in [-0.1, -0.05) is 0 Å². The molecule has 0 saturated carbocycles. The number of hydrogen-bond donors (Lipinski definition) is 1. The molecule has 40 valence electrons. The third-order valence-corrected chi connectivity index (χ3v) is 0.602. The fraction of sp³-hybridized carbons (Fsp3) is 0.600. The molecule has 0 amide bonds. The normalized spacial score (nSPS) is 7.12. The summed E-state index contributed by atoms with van der Waals surface area (Å²) in [5, 5.41) is 6.82. The molecule has 0 spiro atoms. The smallest absolute Gasteiger partial charge is 0.542 e. The minimum Gasteiger partial charge on any atom is -0.542 e. The van der Waals surface area contributed by atoms with E-state index in [0.29, 0.717) is 18.6 Å². The third-order valence-electron chi connectivity index (χ3n) is 0.602. The van der Waals surface area contributed by atoms with E-state index in [1.165, 1.54) is 0 Å². The van der Waals surface area contributed by atoms with Crippen molar-refractivity contribution >= 4 is 12.0 Å². The Morgan fingerprint density at radius 2 is 2.25 bits per heavy atom. The first-order valence-corrected chi connectivity index (χ1v) is 2.16. The van der Waals surface area contributed by atoms with Crippen LogP contribution in [0.5, 0.6) is 0 Å². The zero-order valence-electron chi connectivity index (χ0n) is 5.32. The Bertz CT molecular complexity index is 82.5. The van der Waals surface area contributed by atoms with Crippen LogP contribution in [0.4, 0.5) is 0 Å². The van der Waals surface area contributed by atoms with E-state index in [9.17, 15) is 4.79 Å². The van der Waals surface area contributed by atoms with Crippen LogP contribution in [-0.2, 0) is 4.79 Å². The van der Waals surface area contributed by atoms with E-state index in [1.54, 1.807) is 13.2 Å². The molecule has 3 heteroatoms. The Morgan fingerprint density at radius 1 is 1.75 bits per heavy atom. The molecule has 0 aromatic rings. The summed E-state index contributed by atoms with van der Waals surface area (Å²) in [7, 11) is 0. The van der Waals surface area contributed by atoms with Gasteiger partial charge < -0.3 is 10.2 Å². The number of nitrogens with one attached hydrogen (secondary N) is 1. The average Bonchev–Trinajstić information content (AvgIpc) is 1.61. The first-order chi connectivity index (χ1) is 3.27. The van der Waals surface area contributed by atoms with Crippen molar-refractivity contribution in [3.05, 3.63) is 0 Å². The number of rotatable bonds is 3. The molecule has 2 nitrogen and oxygen atoms in total. The second kappa shape index (κ2) is 7.34. The fourth-order valence-electron chi connectivity index (χ4n) is 0.239. The van der Waals surface area contributed by atoms with Gasteiger partial charge in [-0.2, -0.15) is 0 Å². The zero-order chi connectivity index (χ0) is 5.70. The van der Waals surface area contributed by atoms with Crippen molar-refractivity contribution in [3.63, 3.8) is 0 Å². The molecule has 0 aromatic carbocycles. The molecular formula is C5H8NNaO. The molecule has 0 aromatic heterocycles. The van der Waals surface area contributed by atoms with Crippen molar-refractivity contribution in [1.82, 2.24) is 0 Å². The van der Waals surface area contributed by atoms with Crippen LogP contribution in [0.15, 0.2) is 0 Å². The van der Waals surface area contributed by atoms with Crippen LogP contribution in [0.25, 0.3) is 0 Å². The molecule has 0 rings (SSSR count). The van der Waals surface area contributed by atoms with E-state index in [0.717, 1.165) is 0 Å². The summed E-state index contributed by atoms with van der Waals surface area (Å²) in [5.74, 6) is 0. The summed E-state index contributed by atoms with van der Waals surface area (Å²) in [5.41, 5.74) is 0.545. The van der Waals surface area contributed by atoms with Gasteiger partial charge in [0.2, 0.25) is 0 Å². The molecule has 0 fully saturated rings. The van der Waals surface area contributed by atoms with Crippen LogP contribution in [-0.4, -0.2) is 12.0 Å². The summed E-state index contributed by atoms with van der Waals surface area (Å²) in [6, 6.07) is 0. The molecular weight excluding hydrogens is 113 g/mol. The number of hydrogen-bond acceptors (Lipinski definition) is 2. The number of carbonyl (C=O) groups excluding carboxylic acids is 1. The Kier molecular flexibility index (Phi) is 10.3. The van der Waals surface area contributed by atoms with Crippen molar-refractivity contribution in [2.75, 3.05) is 0 Å². The standard InChI is InChI=1S/C5H8NO.Na/c1-5(6)3-2-4-7;/h6H,2-3H2,1H3;/q-1;+1. The molecule has 0 unspecified atom stereocenters. The van der Waals surface area contributed by atoms with Gasteiger partial charge in [-0.15, -0.1) is 6.42 Å². The van der Waals surface area contributed by atoms with Crippen LogP contribution in [0.1, 0.15) is 19.8 Å². The Morgan fingerprint density at radius 3 is 2.38 bits per heavy atom. The Labute approximate surface area is 71.5 Å². The van der Waals surface area contributed by atoms with Gasteiger partial charge in [0.05, 0.1) is 0 Å². The first kappa shape index (κ1) is 11.2. The molecule has 0 aliphatic rings. The van der Waals surface area contributed by atoms with Gasteiger partial charge in [0.25, 0.3) is 0 Å². The van der Waals surface area contributed by atoms with E-state index in [1.807, 2.05) is 0 Å². The summed E-state index contributed by atoms with van der Waals surface area (Å²) < 4.78 is 0. The summed E-state index contributed by atoms with van der Waals surface area (Å²) in [6.07, 6.45) is 2.64. The molecule has 0 bridgehead atoms. The SMILES string of the molecule is CC(=N)CC[C-]=O.[Na+]. The van der Waals surface area contributed by atoms with Crippen molar-refractivity contribution in [2.24, 2.45) is 0 Å². The molecule has 0 atom stereocenters. The zero-order valence-corrected chi connectivity index (χ0v) is 7.32. The second-order valence-electron chi connectivity index (χ2n) is 1.42. The molecule has 0 aliphatic carbocycles. The van der Waals surface area contributed by atoms with E-state index in [4.69, 9.17) is 5.41 Å². The predicted octanol–water partition coefficient (Wildman–Crippen LogP) is -2.08. The van der Waals surface area contributed by atoms with Crippen molar-refractivity contribution in [3.8, 4) is 0 Å². The molecule has 0 aliphatic heterocycles. The van der Waals surface area contributed by atoms with Gasteiger partial charge in [0.1, 0.15) is 0 Å². The van der Waals surface area contributed by atoms with E-state index in [-0.39, 0.29) is 29.6 Å². The maximum absolute atomic E-state index is 9.49. The van der Waals surface area contributed by atoms with Crippen molar-refractivity contribution in [1.29, 1.82) is 5.41 Å². The van der Waals surface area contributed by atoms with Crippen LogP contribution < -0.4 is 29.6 Å². The van der Waals surface area contributed by atoms with Gasteiger partial charge in [-0.25, -0.2) is 0 Å². The monoisotopic (exact) mass is 121 g/mol. The molecule has 8 heavy (non-hydrogen) atoms. The molecule has 0 saturated heterocycles. The second-order valence-corrected chi connectivity index (χ2v) is 1.42. The van der Waals surface area contributed by atoms with Gasteiger partial charge in [-0.3, -0.25) is 6.29 Å². The molecule has 1 N–H and O–H groups in total. The van der Waals surface area contributed by atoms with Crippen molar-refractivity contribution < 1.29 is 34.4 Å². The van der Waals surface area contributed by atoms with Crippen LogP contribution >= 0.6 is 0 Å². The quantitative estimate of drug-likeness (QED) is 0.260.